The minimum Gasteiger partial charge on any atom is -0.381 e. The maximum atomic E-state index is 13.1. The van der Waals surface area contributed by atoms with E-state index in [1.54, 1.807) is 0 Å². The molecule has 0 bridgehead atoms. The Bertz CT molecular complexity index is 609. The van der Waals surface area contributed by atoms with Crippen LogP contribution in [0.5, 0.6) is 0 Å². The SMILES string of the molecule is NC1CC(Nc2ccc(F)cc2S(=O)(=O)C(F)(F)F)C1. The van der Waals surface area contributed by atoms with Crippen LogP contribution in [0.25, 0.3) is 0 Å². The molecule has 0 heterocycles. The zero-order valence-corrected chi connectivity index (χ0v) is 10.9. The molecule has 0 atom stereocenters. The van der Waals surface area contributed by atoms with E-state index in [0.717, 1.165) is 12.1 Å². The second-order valence-electron chi connectivity index (χ2n) is 4.66. The number of alkyl halides is 3. The molecule has 0 aliphatic heterocycles. The van der Waals surface area contributed by atoms with Crippen LogP contribution in [-0.2, 0) is 9.84 Å². The standard InChI is InChI=1S/C11H12F4N2O2S/c12-6-1-2-9(17-8-4-7(16)5-8)10(3-6)20(18,19)11(13,14)15/h1-3,7-8,17H,4-5,16H2. The summed E-state index contributed by atoms with van der Waals surface area (Å²) in [5.41, 5.74) is -0.201. The first kappa shape index (κ1) is 15.0. The summed E-state index contributed by atoms with van der Waals surface area (Å²) < 4.78 is 73.6. The van der Waals surface area contributed by atoms with Crippen LogP contribution in [-0.4, -0.2) is 26.0 Å². The smallest absolute Gasteiger partial charge is 0.381 e. The molecule has 1 fully saturated rings. The lowest BCUT2D eigenvalue weighted by Gasteiger charge is -2.34. The molecule has 1 aromatic carbocycles. The van der Waals surface area contributed by atoms with Crippen molar-refractivity contribution in [1.82, 2.24) is 0 Å². The van der Waals surface area contributed by atoms with Gasteiger partial charge in [0.1, 0.15) is 10.7 Å². The van der Waals surface area contributed by atoms with Crippen molar-refractivity contribution in [2.75, 3.05) is 5.32 Å². The fourth-order valence-corrected chi connectivity index (χ4v) is 2.90. The van der Waals surface area contributed by atoms with Gasteiger partial charge in [0.05, 0.1) is 5.69 Å². The Hall–Kier alpha value is -1.35. The first-order chi connectivity index (χ1) is 9.11. The Balaban J connectivity index is 2.39. The van der Waals surface area contributed by atoms with E-state index in [0.29, 0.717) is 18.9 Å². The molecule has 1 saturated carbocycles. The Morgan fingerprint density at radius 1 is 1.25 bits per heavy atom. The van der Waals surface area contributed by atoms with Gasteiger partial charge in [-0.15, -0.1) is 0 Å². The summed E-state index contributed by atoms with van der Waals surface area (Å²) in [5.74, 6) is -1.05. The van der Waals surface area contributed by atoms with E-state index >= 15 is 0 Å². The zero-order chi connectivity index (χ0) is 15.1. The second kappa shape index (κ2) is 4.88. The van der Waals surface area contributed by atoms with Gasteiger partial charge in [0.25, 0.3) is 9.84 Å². The van der Waals surface area contributed by atoms with E-state index in [1.807, 2.05) is 0 Å². The first-order valence-corrected chi connectivity index (χ1v) is 7.22. The maximum absolute atomic E-state index is 13.1. The third kappa shape index (κ3) is 2.73. The summed E-state index contributed by atoms with van der Waals surface area (Å²) in [6, 6.07) is 1.98. The molecule has 2 rings (SSSR count). The molecule has 20 heavy (non-hydrogen) atoms. The lowest BCUT2D eigenvalue weighted by atomic mass is 9.87. The summed E-state index contributed by atoms with van der Waals surface area (Å²) in [4.78, 5) is -1.11. The van der Waals surface area contributed by atoms with Gasteiger partial charge < -0.3 is 11.1 Å². The maximum Gasteiger partial charge on any atom is 0.501 e. The van der Waals surface area contributed by atoms with Crippen LogP contribution in [0.1, 0.15) is 12.8 Å². The third-order valence-corrected chi connectivity index (χ3v) is 4.60. The fourth-order valence-electron chi connectivity index (χ4n) is 1.96. The number of anilines is 1. The molecule has 3 N–H and O–H groups in total. The minimum absolute atomic E-state index is 0.0596. The van der Waals surface area contributed by atoms with Gasteiger partial charge in [-0.2, -0.15) is 13.2 Å². The van der Waals surface area contributed by atoms with E-state index in [2.05, 4.69) is 5.32 Å². The van der Waals surface area contributed by atoms with Gasteiger partial charge in [0, 0.05) is 12.1 Å². The number of hydrogen-bond donors (Lipinski definition) is 2. The average Bonchev–Trinajstić information content (AvgIpc) is 2.27. The number of nitrogens with one attached hydrogen (secondary N) is 1. The lowest BCUT2D eigenvalue weighted by molar-refractivity contribution is -0.0435. The highest BCUT2D eigenvalue weighted by atomic mass is 32.2. The van der Waals surface area contributed by atoms with Crippen LogP contribution in [0.2, 0.25) is 0 Å². The number of rotatable bonds is 3. The van der Waals surface area contributed by atoms with Gasteiger partial charge >= 0.3 is 5.51 Å². The van der Waals surface area contributed by atoms with Crippen molar-refractivity contribution in [3.63, 3.8) is 0 Å². The molecule has 1 aliphatic carbocycles. The Morgan fingerprint density at radius 3 is 2.35 bits per heavy atom. The first-order valence-electron chi connectivity index (χ1n) is 5.74. The van der Waals surface area contributed by atoms with E-state index < -0.39 is 26.1 Å². The summed E-state index contributed by atoms with van der Waals surface area (Å²) in [5, 5.41) is 2.66. The molecule has 0 spiro atoms. The highest BCUT2D eigenvalue weighted by Crippen LogP contribution is 2.36. The number of nitrogens with two attached hydrogens (primary N) is 1. The molecule has 4 nitrogen and oxygen atoms in total. The van der Waals surface area contributed by atoms with Crippen LogP contribution >= 0.6 is 0 Å². The number of sulfone groups is 1. The second-order valence-corrected chi connectivity index (χ2v) is 6.57. The van der Waals surface area contributed by atoms with E-state index in [-0.39, 0.29) is 17.8 Å². The number of halogens is 4. The van der Waals surface area contributed by atoms with Gasteiger partial charge in [-0.25, -0.2) is 12.8 Å². The molecule has 0 aromatic heterocycles. The van der Waals surface area contributed by atoms with Crippen molar-refractivity contribution in [3.05, 3.63) is 24.0 Å². The molecule has 9 heteroatoms. The molecule has 0 unspecified atom stereocenters. The normalized spacial score (nSPS) is 23.2. The molecular formula is C11H12F4N2O2S. The van der Waals surface area contributed by atoms with Crippen LogP contribution < -0.4 is 11.1 Å². The Morgan fingerprint density at radius 2 is 1.85 bits per heavy atom. The number of benzene rings is 1. The van der Waals surface area contributed by atoms with Crippen LogP contribution in [0.4, 0.5) is 23.2 Å². The summed E-state index contributed by atoms with van der Waals surface area (Å²) >= 11 is 0. The zero-order valence-electron chi connectivity index (χ0n) is 10.1. The highest BCUT2D eigenvalue weighted by molar-refractivity contribution is 7.92. The van der Waals surface area contributed by atoms with Crippen molar-refractivity contribution in [2.24, 2.45) is 5.73 Å². The minimum atomic E-state index is -5.61. The molecule has 0 radical (unpaired) electrons. The molecule has 0 amide bonds. The van der Waals surface area contributed by atoms with E-state index in [4.69, 9.17) is 5.73 Å². The lowest BCUT2D eigenvalue weighted by Crippen LogP contribution is -2.44. The molecule has 112 valence electrons. The van der Waals surface area contributed by atoms with Gasteiger partial charge in [-0.3, -0.25) is 0 Å². The predicted octanol–water partition coefficient (Wildman–Crippen LogP) is 2.02. The summed E-state index contributed by atoms with van der Waals surface area (Å²) in [7, 11) is -5.61. The quantitative estimate of drug-likeness (QED) is 0.838. The molecule has 0 saturated heterocycles. The van der Waals surface area contributed by atoms with Gasteiger partial charge in [-0.1, -0.05) is 0 Å². The predicted molar refractivity (Wildman–Crippen MR) is 64.3 cm³/mol. The Labute approximate surface area is 112 Å². The van der Waals surface area contributed by atoms with Crippen LogP contribution in [0.3, 0.4) is 0 Å². The topological polar surface area (TPSA) is 72.2 Å². The van der Waals surface area contributed by atoms with Gasteiger partial charge in [-0.05, 0) is 31.0 Å². The molecule has 1 aromatic rings. The number of hydrogen-bond acceptors (Lipinski definition) is 4. The Kier molecular flexibility index (Phi) is 3.67. The van der Waals surface area contributed by atoms with Crippen molar-refractivity contribution >= 4 is 15.5 Å². The van der Waals surface area contributed by atoms with Gasteiger partial charge in [0.15, 0.2) is 0 Å². The monoisotopic (exact) mass is 312 g/mol. The van der Waals surface area contributed by atoms with Crippen molar-refractivity contribution in [1.29, 1.82) is 0 Å². The molecular weight excluding hydrogens is 300 g/mol. The molecule has 1 aliphatic rings. The van der Waals surface area contributed by atoms with Crippen molar-refractivity contribution in [3.8, 4) is 0 Å². The van der Waals surface area contributed by atoms with E-state index in [1.165, 1.54) is 0 Å². The highest BCUT2D eigenvalue weighted by Gasteiger charge is 2.48. The average molecular weight is 312 g/mol. The van der Waals surface area contributed by atoms with Crippen molar-refractivity contribution in [2.45, 2.75) is 35.3 Å². The van der Waals surface area contributed by atoms with E-state index in [9.17, 15) is 26.0 Å². The fraction of sp³-hybridized carbons (Fsp3) is 0.455. The third-order valence-electron chi connectivity index (χ3n) is 3.07. The summed E-state index contributed by atoms with van der Waals surface area (Å²) in [6.07, 6.45) is 1.03. The van der Waals surface area contributed by atoms with Crippen LogP contribution in [0.15, 0.2) is 23.1 Å². The van der Waals surface area contributed by atoms with Crippen molar-refractivity contribution < 1.29 is 26.0 Å². The van der Waals surface area contributed by atoms with Crippen LogP contribution in [0, 0.1) is 5.82 Å². The van der Waals surface area contributed by atoms with Gasteiger partial charge in [0.2, 0.25) is 0 Å². The summed E-state index contributed by atoms with van der Waals surface area (Å²) in [6.45, 7) is 0. The largest absolute Gasteiger partial charge is 0.501 e.